The maximum absolute atomic E-state index is 2.58. The fraction of sp³-hybridized carbons (Fsp3) is 0.500. The van der Waals surface area contributed by atoms with Crippen LogP contribution in [0.25, 0.3) is 17.2 Å². The van der Waals surface area contributed by atoms with E-state index < -0.39 is 0 Å². The molecule has 1 heteroatoms. The number of hydrogen-bond donors (Lipinski definition) is 0. The van der Waals surface area contributed by atoms with Crippen LogP contribution in [0, 0.1) is 5.41 Å². The van der Waals surface area contributed by atoms with E-state index in [-0.39, 0.29) is 5.41 Å². The summed E-state index contributed by atoms with van der Waals surface area (Å²) in [6.45, 7) is 9.29. The zero-order valence-electron chi connectivity index (χ0n) is 18.6. The first kappa shape index (κ1) is 21.3. The molecule has 0 aliphatic heterocycles. The molecule has 151 valence electrons. The Morgan fingerprint density at radius 2 is 1.66 bits per heavy atom. The molecule has 0 heterocycles. The van der Waals surface area contributed by atoms with Crippen LogP contribution in [0.2, 0.25) is 0 Å². The van der Waals surface area contributed by atoms with E-state index in [1.807, 2.05) is 0 Å². The second-order valence-corrected chi connectivity index (χ2v) is 11.8. The van der Waals surface area contributed by atoms with Crippen LogP contribution in [-0.4, -0.2) is 0 Å². The van der Waals surface area contributed by atoms with Crippen molar-refractivity contribution in [3.05, 3.63) is 64.7 Å². The molecule has 1 saturated carbocycles. The van der Waals surface area contributed by atoms with Crippen LogP contribution in [-0.2, 0) is 30.1 Å². The molecule has 0 saturated heterocycles. The van der Waals surface area contributed by atoms with Gasteiger partial charge in [0.05, 0.1) is 0 Å². The number of benzene rings is 2. The third-order valence-corrected chi connectivity index (χ3v) is 9.13. The Bertz CT molecular complexity index is 889. The zero-order valence-corrected chi connectivity index (χ0v) is 21.1. The number of hydrogen-bond acceptors (Lipinski definition) is 0. The predicted molar refractivity (Wildman–Crippen MR) is 122 cm³/mol. The van der Waals surface area contributed by atoms with Gasteiger partial charge in [-0.1, -0.05) is 0 Å². The molecule has 0 N–H and O–H groups in total. The SMILES string of the molecule is CCC1(CC2=Cc3c(-c4ccc(C(C)(C)C)cc4)cccc3[CH]2[Zr])CCCCC1. The molecule has 29 heavy (non-hydrogen) atoms. The molecule has 2 aliphatic rings. The molecule has 1 fully saturated rings. The van der Waals surface area contributed by atoms with Gasteiger partial charge >= 0.3 is 194 Å². The van der Waals surface area contributed by atoms with Crippen LogP contribution < -0.4 is 0 Å². The average Bonchev–Trinajstić information content (AvgIpc) is 3.03. The second-order valence-electron chi connectivity index (χ2n) is 10.4. The van der Waals surface area contributed by atoms with Crippen molar-refractivity contribution >= 4 is 6.08 Å². The third-order valence-electron chi connectivity index (χ3n) is 7.46. The van der Waals surface area contributed by atoms with Gasteiger partial charge in [-0.25, -0.2) is 0 Å². The van der Waals surface area contributed by atoms with E-state index in [4.69, 9.17) is 0 Å². The Hall–Kier alpha value is -0.937. The van der Waals surface area contributed by atoms with Gasteiger partial charge in [0.1, 0.15) is 0 Å². The molecule has 2 aromatic carbocycles. The second kappa shape index (κ2) is 8.30. The van der Waals surface area contributed by atoms with Gasteiger partial charge in [0.15, 0.2) is 0 Å². The molecular formula is C28H35Zr. The first-order valence-electron chi connectivity index (χ1n) is 11.5. The van der Waals surface area contributed by atoms with Gasteiger partial charge in [0.25, 0.3) is 0 Å². The van der Waals surface area contributed by atoms with Crippen molar-refractivity contribution in [1.82, 2.24) is 0 Å². The summed E-state index contributed by atoms with van der Waals surface area (Å²) in [6, 6.07) is 16.3. The number of rotatable bonds is 4. The van der Waals surface area contributed by atoms with E-state index in [1.165, 1.54) is 67.2 Å². The van der Waals surface area contributed by atoms with Gasteiger partial charge in [-0.2, -0.15) is 0 Å². The van der Waals surface area contributed by atoms with E-state index in [9.17, 15) is 0 Å². The summed E-state index contributed by atoms with van der Waals surface area (Å²) in [5, 5.41) is 0. The van der Waals surface area contributed by atoms with Gasteiger partial charge < -0.3 is 0 Å². The normalized spacial score (nSPS) is 20.9. The van der Waals surface area contributed by atoms with Crippen LogP contribution in [0.3, 0.4) is 0 Å². The van der Waals surface area contributed by atoms with Crippen molar-refractivity contribution < 1.29 is 24.7 Å². The summed E-state index contributed by atoms with van der Waals surface area (Å²) in [6.07, 6.45) is 12.4. The Balaban J connectivity index is 1.67. The van der Waals surface area contributed by atoms with Gasteiger partial charge in [0.2, 0.25) is 0 Å². The van der Waals surface area contributed by atoms with Crippen molar-refractivity contribution in [2.45, 2.75) is 81.7 Å². The Morgan fingerprint density at radius 3 is 2.28 bits per heavy atom. The number of fused-ring (bicyclic) bond motifs is 1. The van der Waals surface area contributed by atoms with E-state index in [0.29, 0.717) is 9.04 Å². The fourth-order valence-corrected chi connectivity index (χ4v) is 6.48. The van der Waals surface area contributed by atoms with Crippen molar-refractivity contribution in [3.63, 3.8) is 0 Å². The minimum atomic E-state index is 0.205. The first-order valence-corrected chi connectivity index (χ1v) is 12.9. The molecule has 0 amide bonds. The van der Waals surface area contributed by atoms with Crippen molar-refractivity contribution in [2.24, 2.45) is 5.41 Å². The molecule has 0 radical (unpaired) electrons. The first-order chi connectivity index (χ1) is 13.8. The molecule has 4 rings (SSSR count). The van der Waals surface area contributed by atoms with Crippen molar-refractivity contribution in [3.8, 4) is 11.1 Å². The van der Waals surface area contributed by atoms with Crippen LogP contribution in [0.1, 0.15) is 93.0 Å². The van der Waals surface area contributed by atoms with Crippen LogP contribution in [0.5, 0.6) is 0 Å². The maximum atomic E-state index is 2.58. The topological polar surface area (TPSA) is 0 Å². The van der Waals surface area contributed by atoms with Crippen LogP contribution in [0.4, 0.5) is 0 Å². The summed E-state index contributed by atoms with van der Waals surface area (Å²) >= 11 is 1.64. The molecule has 0 bridgehead atoms. The van der Waals surface area contributed by atoms with Crippen molar-refractivity contribution in [2.75, 3.05) is 0 Å². The van der Waals surface area contributed by atoms with E-state index in [2.05, 4.69) is 76.2 Å². The summed E-state index contributed by atoms with van der Waals surface area (Å²) in [4.78, 5) is 0. The van der Waals surface area contributed by atoms with E-state index in [1.54, 1.807) is 35.9 Å². The predicted octanol–water partition coefficient (Wildman–Crippen LogP) is 8.39. The summed E-state index contributed by atoms with van der Waals surface area (Å²) in [5.41, 5.74) is 9.73. The van der Waals surface area contributed by atoms with Gasteiger partial charge in [0, 0.05) is 0 Å². The van der Waals surface area contributed by atoms with Crippen LogP contribution >= 0.6 is 0 Å². The molecule has 2 aliphatic carbocycles. The summed E-state index contributed by atoms with van der Waals surface area (Å²) in [5.74, 6) is 0. The zero-order chi connectivity index (χ0) is 20.6. The van der Waals surface area contributed by atoms with E-state index in [0.717, 1.165) is 0 Å². The van der Waals surface area contributed by atoms with Gasteiger partial charge in [-0.15, -0.1) is 0 Å². The Labute approximate surface area is 193 Å². The molecular weight excluding hydrogens is 428 g/mol. The fourth-order valence-electron chi connectivity index (χ4n) is 5.41. The molecule has 0 nitrogen and oxygen atoms in total. The molecule has 1 unspecified atom stereocenters. The van der Waals surface area contributed by atoms with Gasteiger partial charge in [-0.3, -0.25) is 0 Å². The minimum absolute atomic E-state index is 0.205. The van der Waals surface area contributed by atoms with Crippen LogP contribution in [0.15, 0.2) is 48.0 Å². The van der Waals surface area contributed by atoms with Gasteiger partial charge in [-0.05, 0) is 0 Å². The number of allylic oxidation sites excluding steroid dienone is 1. The molecule has 2 aromatic rings. The monoisotopic (exact) mass is 461 g/mol. The average molecular weight is 463 g/mol. The summed E-state index contributed by atoms with van der Waals surface area (Å²) in [7, 11) is 0. The summed E-state index contributed by atoms with van der Waals surface area (Å²) < 4.78 is 0.649. The molecule has 0 spiro atoms. The standard InChI is InChI=1S/C28H35.Zr/c1-5-28(16-7-6-8-17-28)20-21-18-23-10-9-11-25(26(23)19-21)22-12-14-24(15-13-22)27(2,3)4;/h9-15,18-19H,5-8,16-17,20H2,1-4H3;. The quantitative estimate of drug-likeness (QED) is 0.428. The van der Waals surface area contributed by atoms with Crippen molar-refractivity contribution in [1.29, 1.82) is 0 Å². The van der Waals surface area contributed by atoms with E-state index >= 15 is 0 Å². The third kappa shape index (κ3) is 4.27. The Morgan fingerprint density at radius 1 is 0.966 bits per heavy atom. The molecule has 0 aromatic heterocycles. The Kier molecular flexibility index (Phi) is 6.10. The molecule has 1 atom stereocenters.